The summed E-state index contributed by atoms with van der Waals surface area (Å²) in [6.07, 6.45) is 2.35. The smallest absolute Gasteiger partial charge is 0.261 e. The van der Waals surface area contributed by atoms with Crippen molar-refractivity contribution in [3.63, 3.8) is 0 Å². The molecule has 0 aliphatic carbocycles. The zero-order valence-corrected chi connectivity index (χ0v) is 9.72. The molecule has 0 aliphatic heterocycles. The van der Waals surface area contributed by atoms with Crippen molar-refractivity contribution >= 4 is 16.6 Å². The number of fused-ring (bicyclic) bond motifs is 1. The highest BCUT2D eigenvalue weighted by molar-refractivity contribution is 5.80. The Balaban J connectivity index is 2.39. The number of hydrogen-bond acceptors (Lipinski definition) is 4. The Morgan fingerprint density at radius 3 is 3.06 bits per heavy atom. The van der Waals surface area contributed by atoms with Gasteiger partial charge in [0.2, 0.25) is 0 Å². The van der Waals surface area contributed by atoms with Gasteiger partial charge in [-0.15, -0.1) is 0 Å². The summed E-state index contributed by atoms with van der Waals surface area (Å²) in [5.41, 5.74) is 6.86. The van der Waals surface area contributed by atoms with Crippen molar-refractivity contribution in [2.24, 2.45) is 0 Å². The van der Waals surface area contributed by atoms with Crippen molar-refractivity contribution < 1.29 is 4.74 Å². The Kier molecular flexibility index (Phi) is 3.39. The first-order chi connectivity index (χ1) is 8.22. The number of nitrogens with two attached hydrogens (primary N) is 1. The number of nitrogen functional groups attached to an aromatic ring is 1. The van der Waals surface area contributed by atoms with Crippen molar-refractivity contribution in [2.45, 2.75) is 13.0 Å². The highest BCUT2D eigenvalue weighted by Crippen LogP contribution is 2.10. The number of benzene rings is 1. The molecule has 2 aromatic rings. The molecule has 0 unspecified atom stereocenters. The predicted molar refractivity (Wildman–Crippen MR) is 66.9 cm³/mol. The molecule has 0 atom stereocenters. The molecule has 1 aromatic heterocycles. The van der Waals surface area contributed by atoms with Crippen molar-refractivity contribution in [3.05, 3.63) is 34.9 Å². The molecule has 5 nitrogen and oxygen atoms in total. The van der Waals surface area contributed by atoms with Crippen LogP contribution >= 0.6 is 0 Å². The van der Waals surface area contributed by atoms with Gasteiger partial charge in [0.25, 0.3) is 5.56 Å². The summed E-state index contributed by atoms with van der Waals surface area (Å²) in [4.78, 5) is 16.3. The van der Waals surface area contributed by atoms with Crippen LogP contribution in [0.1, 0.15) is 6.42 Å². The number of aromatic nitrogens is 2. The van der Waals surface area contributed by atoms with Gasteiger partial charge < -0.3 is 10.5 Å². The zero-order valence-electron chi connectivity index (χ0n) is 9.72. The minimum atomic E-state index is -0.0570. The van der Waals surface area contributed by atoms with Crippen LogP contribution in [0, 0.1) is 0 Å². The van der Waals surface area contributed by atoms with Crippen LogP contribution in [0.3, 0.4) is 0 Å². The van der Waals surface area contributed by atoms with E-state index in [0.717, 1.165) is 6.42 Å². The summed E-state index contributed by atoms with van der Waals surface area (Å²) in [5.74, 6) is 0. The standard InChI is InChI=1S/C12H15N3O2/c1-17-6-2-5-15-8-14-11-4-3-9(13)7-10(11)12(15)16/h3-4,7-8H,2,5-6,13H2,1H3. The van der Waals surface area contributed by atoms with Crippen molar-refractivity contribution in [1.29, 1.82) is 0 Å². The average molecular weight is 233 g/mol. The van der Waals surface area contributed by atoms with Crippen molar-refractivity contribution in [3.8, 4) is 0 Å². The van der Waals surface area contributed by atoms with E-state index in [-0.39, 0.29) is 5.56 Å². The molecule has 5 heteroatoms. The van der Waals surface area contributed by atoms with Gasteiger partial charge in [-0.25, -0.2) is 4.98 Å². The third-order valence-corrected chi connectivity index (χ3v) is 2.60. The van der Waals surface area contributed by atoms with Crippen molar-refractivity contribution in [2.75, 3.05) is 19.5 Å². The third kappa shape index (κ3) is 2.45. The quantitative estimate of drug-likeness (QED) is 0.632. The van der Waals surface area contributed by atoms with E-state index in [4.69, 9.17) is 10.5 Å². The fourth-order valence-electron chi connectivity index (χ4n) is 1.72. The van der Waals surface area contributed by atoms with Crippen LogP contribution in [-0.2, 0) is 11.3 Å². The summed E-state index contributed by atoms with van der Waals surface area (Å²) in [7, 11) is 1.64. The van der Waals surface area contributed by atoms with Gasteiger partial charge in [0, 0.05) is 25.9 Å². The fourth-order valence-corrected chi connectivity index (χ4v) is 1.72. The van der Waals surface area contributed by atoms with E-state index in [9.17, 15) is 4.79 Å². The minimum absolute atomic E-state index is 0.0570. The van der Waals surface area contributed by atoms with Gasteiger partial charge in [-0.2, -0.15) is 0 Å². The summed E-state index contributed by atoms with van der Waals surface area (Å²) in [5, 5.41) is 0.560. The van der Waals surface area contributed by atoms with E-state index in [0.29, 0.717) is 29.7 Å². The Bertz CT molecular complexity index is 577. The monoisotopic (exact) mass is 233 g/mol. The molecule has 0 saturated heterocycles. The van der Waals surface area contributed by atoms with E-state index in [1.165, 1.54) is 0 Å². The molecule has 17 heavy (non-hydrogen) atoms. The summed E-state index contributed by atoms with van der Waals surface area (Å²) in [6, 6.07) is 5.16. The topological polar surface area (TPSA) is 70.1 Å². The second-order valence-electron chi connectivity index (χ2n) is 3.87. The number of aryl methyl sites for hydroxylation is 1. The first-order valence-electron chi connectivity index (χ1n) is 5.46. The first-order valence-corrected chi connectivity index (χ1v) is 5.46. The zero-order chi connectivity index (χ0) is 12.3. The number of ether oxygens (including phenoxy) is 1. The fraction of sp³-hybridized carbons (Fsp3) is 0.333. The molecule has 90 valence electrons. The van der Waals surface area contributed by atoms with Gasteiger partial charge in [-0.3, -0.25) is 9.36 Å². The lowest BCUT2D eigenvalue weighted by atomic mass is 10.2. The van der Waals surface area contributed by atoms with Crippen molar-refractivity contribution in [1.82, 2.24) is 9.55 Å². The molecule has 2 N–H and O–H groups in total. The van der Waals surface area contributed by atoms with Crippen LogP contribution in [0.2, 0.25) is 0 Å². The number of hydrogen-bond donors (Lipinski definition) is 1. The minimum Gasteiger partial charge on any atom is -0.399 e. The second kappa shape index (κ2) is 4.97. The molecule has 0 saturated carbocycles. The Labute approximate surface area is 98.8 Å². The first kappa shape index (κ1) is 11.6. The van der Waals surface area contributed by atoms with Crippen LogP contribution in [0.4, 0.5) is 5.69 Å². The Morgan fingerprint density at radius 1 is 1.47 bits per heavy atom. The molecule has 1 heterocycles. The van der Waals surface area contributed by atoms with Gasteiger partial charge in [0.15, 0.2) is 0 Å². The Hall–Kier alpha value is -1.88. The molecule has 0 fully saturated rings. The molecular formula is C12H15N3O2. The van der Waals surface area contributed by atoms with E-state index in [1.807, 2.05) is 0 Å². The summed E-state index contributed by atoms with van der Waals surface area (Å²) in [6.45, 7) is 1.23. The largest absolute Gasteiger partial charge is 0.399 e. The van der Waals surface area contributed by atoms with Crippen LogP contribution in [0.25, 0.3) is 10.9 Å². The van der Waals surface area contributed by atoms with Gasteiger partial charge >= 0.3 is 0 Å². The number of methoxy groups -OCH3 is 1. The van der Waals surface area contributed by atoms with Crippen LogP contribution in [-0.4, -0.2) is 23.3 Å². The molecule has 0 aliphatic rings. The lowest BCUT2D eigenvalue weighted by Gasteiger charge is -2.06. The molecular weight excluding hydrogens is 218 g/mol. The molecule has 0 radical (unpaired) electrons. The normalized spacial score (nSPS) is 10.9. The van der Waals surface area contributed by atoms with Crippen LogP contribution in [0.15, 0.2) is 29.3 Å². The van der Waals surface area contributed by atoms with Gasteiger partial charge in [0.1, 0.15) is 0 Å². The highest BCUT2D eigenvalue weighted by atomic mass is 16.5. The number of rotatable bonds is 4. The van der Waals surface area contributed by atoms with E-state index >= 15 is 0 Å². The highest BCUT2D eigenvalue weighted by Gasteiger charge is 2.03. The summed E-state index contributed by atoms with van der Waals surface area (Å²) < 4.78 is 6.54. The van der Waals surface area contributed by atoms with E-state index < -0.39 is 0 Å². The second-order valence-corrected chi connectivity index (χ2v) is 3.87. The maximum absolute atomic E-state index is 12.1. The third-order valence-electron chi connectivity index (χ3n) is 2.60. The molecule has 0 spiro atoms. The Morgan fingerprint density at radius 2 is 2.29 bits per heavy atom. The maximum Gasteiger partial charge on any atom is 0.261 e. The lowest BCUT2D eigenvalue weighted by Crippen LogP contribution is -2.21. The maximum atomic E-state index is 12.1. The molecule has 0 amide bonds. The summed E-state index contributed by atoms with van der Waals surface area (Å²) >= 11 is 0. The number of anilines is 1. The van der Waals surface area contributed by atoms with Gasteiger partial charge in [0.05, 0.1) is 17.2 Å². The molecule has 2 rings (SSSR count). The van der Waals surface area contributed by atoms with Gasteiger partial charge in [-0.05, 0) is 24.6 Å². The predicted octanol–water partition coefficient (Wildman–Crippen LogP) is 1.02. The van der Waals surface area contributed by atoms with Gasteiger partial charge in [-0.1, -0.05) is 0 Å². The number of nitrogens with zero attached hydrogens (tertiary/aromatic N) is 2. The van der Waals surface area contributed by atoms with E-state index in [1.54, 1.807) is 36.2 Å². The van der Waals surface area contributed by atoms with Crippen LogP contribution in [0.5, 0.6) is 0 Å². The average Bonchev–Trinajstić information content (AvgIpc) is 2.33. The lowest BCUT2D eigenvalue weighted by molar-refractivity contribution is 0.190. The SMILES string of the molecule is COCCCn1cnc2ccc(N)cc2c1=O. The molecule has 1 aromatic carbocycles. The van der Waals surface area contributed by atoms with E-state index in [2.05, 4.69) is 4.98 Å². The van der Waals surface area contributed by atoms with Crippen LogP contribution < -0.4 is 11.3 Å². The molecule has 0 bridgehead atoms.